The van der Waals surface area contributed by atoms with Crippen molar-refractivity contribution >= 4 is 17.9 Å². The maximum Gasteiger partial charge on any atom is 0.306 e. The van der Waals surface area contributed by atoms with Gasteiger partial charge in [0.05, 0.1) is 40.3 Å². The first-order valence-electron chi connectivity index (χ1n) is 25.9. The van der Waals surface area contributed by atoms with E-state index in [2.05, 4.69) is 38.2 Å². The first-order valence-corrected chi connectivity index (χ1v) is 25.9. The van der Waals surface area contributed by atoms with Gasteiger partial charge in [-0.15, -0.1) is 0 Å². The lowest BCUT2D eigenvalue weighted by molar-refractivity contribution is -0.889. The van der Waals surface area contributed by atoms with Crippen LogP contribution in [0.3, 0.4) is 0 Å². The van der Waals surface area contributed by atoms with Crippen LogP contribution in [0.2, 0.25) is 0 Å². The van der Waals surface area contributed by atoms with E-state index in [9.17, 15) is 19.5 Å². The predicted molar refractivity (Wildman–Crippen MR) is 254 cm³/mol. The summed E-state index contributed by atoms with van der Waals surface area (Å²) in [5.41, 5.74) is 0. The van der Waals surface area contributed by atoms with Gasteiger partial charge < -0.3 is 28.6 Å². The SMILES string of the molecule is CCCCCCC/C=C\C/C=C\CCCCCCCCCCCCCC(=O)OC(COCCC(C(=O)[O-])[N+](C)(C)C)COC(=O)CCCCCCCCCCCCCCCC. The molecule has 0 aromatic rings. The Morgan fingerprint density at radius 2 is 0.869 bits per heavy atom. The predicted octanol–water partition coefficient (Wildman–Crippen LogP) is 13.5. The first-order chi connectivity index (χ1) is 29.6. The van der Waals surface area contributed by atoms with Gasteiger partial charge in [-0.1, -0.05) is 205 Å². The maximum atomic E-state index is 12.8. The molecule has 8 nitrogen and oxygen atoms in total. The van der Waals surface area contributed by atoms with Crippen molar-refractivity contribution in [1.29, 1.82) is 0 Å². The minimum Gasteiger partial charge on any atom is -0.544 e. The molecule has 0 fully saturated rings. The summed E-state index contributed by atoms with van der Waals surface area (Å²) in [6.45, 7) is 4.69. The van der Waals surface area contributed by atoms with Crippen LogP contribution in [0.15, 0.2) is 24.3 Å². The second-order valence-electron chi connectivity index (χ2n) is 18.8. The fraction of sp³-hybridized carbons (Fsp3) is 0.868. The Labute approximate surface area is 377 Å². The van der Waals surface area contributed by atoms with E-state index in [0.29, 0.717) is 12.8 Å². The number of nitrogens with zero attached hydrogens (tertiary/aromatic N) is 1. The molecule has 0 aliphatic heterocycles. The molecule has 8 heteroatoms. The van der Waals surface area contributed by atoms with Gasteiger partial charge in [0, 0.05) is 19.3 Å². The lowest BCUT2D eigenvalue weighted by Crippen LogP contribution is -2.55. The Hall–Kier alpha value is -2.19. The third-order valence-electron chi connectivity index (χ3n) is 11.8. The topological polar surface area (TPSA) is 102 Å². The number of allylic oxidation sites excluding steroid dienone is 4. The molecule has 0 aromatic carbocycles. The average Bonchev–Trinajstić information content (AvgIpc) is 3.22. The molecule has 0 saturated heterocycles. The number of carboxylic acid groups (broad SMARTS) is 1. The van der Waals surface area contributed by atoms with Crippen LogP contribution in [0.5, 0.6) is 0 Å². The molecule has 358 valence electrons. The maximum absolute atomic E-state index is 12.8. The zero-order valence-corrected chi connectivity index (χ0v) is 40.8. The van der Waals surface area contributed by atoms with Crippen LogP contribution >= 0.6 is 0 Å². The van der Waals surface area contributed by atoms with Crippen LogP contribution in [0.1, 0.15) is 245 Å². The van der Waals surface area contributed by atoms with Crippen molar-refractivity contribution in [3.8, 4) is 0 Å². The number of likely N-dealkylation sites (N-methyl/N-ethyl adjacent to an activating group) is 1. The summed E-state index contributed by atoms with van der Waals surface area (Å²) in [6, 6.07) is -0.723. The van der Waals surface area contributed by atoms with Gasteiger partial charge in [-0.25, -0.2) is 0 Å². The lowest BCUT2D eigenvalue weighted by Gasteiger charge is -2.34. The number of hydrogen-bond donors (Lipinski definition) is 0. The molecular weight excluding hydrogens is 763 g/mol. The third kappa shape index (κ3) is 42.9. The van der Waals surface area contributed by atoms with Gasteiger partial charge in [-0.3, -0.25) is 9.59 Å². The minimum absolute atomic E-state index is 0.0447. The highest BCUT2D eigenvalue weighted by Gasteiger charge is 2.25. The highest BCUT2D eigenvalue weighted by Crippen LogP contribution is 2.16. The fourth-order valence-electron chi connectivity index (χ4n) is 7.81. The number of rotatable bonds is 47. The summed E-state index contributed by atoms with van der Waals surface area (Å²) in [5.74, 6) is -1.72. The Balaban J connectivity index is 4.19. The molecule has 2 unspecified atom stereocenters. The molecule has 0 rings (SSSR count). The van der Waals surface area contributed by atoms with E-state index in [1.807, 2.05) is 21.1 Å². The third-order valence-corrected chi connectivity index (χ3v) is 11.8. The van der Waals surface area contributed by atoms with Gasteiger partial charge >= 0.3 is 11.9 Å². The smallest absolute Gasteiger partial charge is 0.306 e. The van der Waals surface area contributed by atoms with Crippen molar-refractivity contribution in [3.05, 3.63) is 24.3 Å². The van der Waals surface area contributed by atoms with Crippen LogP contribution in [0.25, 0.3) is 0 Å². The number of aliphatic carboxylic acids is 1. The molecule has 0 aliphatic rings. The number of carbonyl (C=O) groups excluding carboxylic acids is 3. The first kappa shape index (κ1) is 58.8. The quantitative estimate of drug-likeness (QED) is 0.0260. The van der Waals surface area contributed by atoms with Crippen LogP contribution in [0, 0.1) is 0 Å². The summed E-state index contributed by atoms with van der Waals surface area (Å²) in [6.07, 6.45) is 50.6. The summed E-state index contributed by atoms with van der Waals surface area (Å²) >= 11 is 0. The van der Waals surface area contributed by atoms with Crippen molar-refractivity contribution in [2.45, 2.75) is 257 Å². The van der Waals surface area contributed by atoms with E-state index in [1.54, 1.807) is 0 Å². The Bertz CT molecular complexity index is 1050. The van der Waals surface area contributed by atoms with E-state index in [0.717, 1.165) is 44.9 Å². The molecule has 61 heavy (non-hydrogen) atoms. The molecule has 0 saturated carbocycles. The van der Waals surface area contributed by atoms with Crippen LogP contribution < -0.4 is 5.11 Å². The van der Waals surface area contributed by atoms with Crippen molar-refractivity contribution in [2.24, 2.45) is 0 Å². The molecule has 0 bridgehead atoms. The zero-order valence-electron chi connectivity index (χ0n) is 40.8. The van der Waals surface area contributed by atoms with Gasteiger partial charge in [-0.2, -0.15) is 0 Å². The Morgan fingerprint density at radius 3 is 1.26 bits per heavy atom. The standard InChI is InChI=1S/C53H99NO7/c1-6-8-10-12-14-16-18-20-22-23-24-25-26-27-28-29-30-32-34-36-38-40-42-44-52(56)61-49(47-59-46-45-50(53(57)58)54(3,4)5)48-60-51(55)43-41-39-37-35-33-31-21-19-17-15-13-11-9-7-2/h18,20,23-24,49-50H,6-17,19,21-22,25-48H2,1-5H3/b20-18-,24-23-. The van der Waals surface area contributed by atoms with E-state index >= 15 is 0 Å². The summed E-state index contributed by atoms with van der Waals surface area (Å²) in [4.78, 5) is 37.0. The summed E-state index contributed by atoms with van der Waals surface area (Å²) in [7, 11) is 5.42. The summed E-state index contributed by atoms with van der Waals surface area (Å²) < 4.78 is 17.2. The van der Waals surface area contributed by atoms with Crippen molar-refractivity contribution < 1.29 is 38.2 Å². The Morgan fingerprint density at radius 1 is 0.492 bits per heavy atom. The molecule has 0 N–H and O–H groups in total. The second kappa shape index (κ2) is 44.4. The van der Waals surface area contributed by atoms with Crippen molar-refractivity contribution in [2.75, 3.05) is 41.0 Å². The summed E-state index contributed by atoms with van der Waals surface area (Å²) in [5, 5.41) is 11.7. The van der Waals surface area contributed by atoms with Gasteiger partial charge in [0.25, 0.3) is 0 Å². The molecule has 0 aliphatic carbocycles. The average molecular weight is 862 g/mol. The lowest BCUT2D eigenvalue weighted by atomic mass is 10.0. The van der Waals surface area contributed by atoms with Gasteiger partial charge in [0.2, 0.25) is 0 Å². The second-order valence-corrected chi connectivity index (χ2v) is 18.8. The zero-order chi connectivity index (χ0) is 44.9. The number of carbonyl (C=O) groups is 3. The van der Waals surface area contributed by atoms with Crippen LogP contribution in [0.4, 0.5) is 0 Å². The van der Waals surface area contributed by atoms with Gasteiger partial charge in [0.15, 0.2) is 6.10 Å². The Kier molecular flexibility index (Phi) is 42.8. The monoisotopic (exact) mass is 862 g/mol. The minimum atomic E-state index is -1.12. The number of carboxylic acids is 1. The van der Waals surface area contributed by atoms with E-state index < -0.39 is 18.1 Å². The van der Waals surface area contributed by atoms with Crippen molar-refractivity contribution in [1.82, 2.24) is 0 Å². The van der Waals surface area contributed by atoms with Gasteiger partial charge in [-0.05, 0) is 44.9 Å². The number of esters is 2. The van der Waals surface area contributed by atoms with Gasteiger partial charge in [0.1, 0.15) is 12.6 Å². The fourth-order valence-corrected chi connectivity index (χ4v) is 7.81. The van der Waals surface area contributed by atoms with E-state index in [1.165, 1.54) is 167 Å². The number of ether oxygens (including phenoxy) is 3. The normalized spacial score (nSPS) is 13.0. The van der Waals surface area contributed by atoms with Crippen LogP contribution in [-0.4, -0.2) is 75.5 Å². The van der Waals surface area contributed by atoms with Crippen molar-refractivity contribution in [3.63, 3.8) is 0 Å². The molecule has 2 atom stereocenters. The number of quaternary nitrogens is 1. The highest BCUT2D eigenvalue weighted by molar-refractivity contribution is 5.70. The highest BCUT2D eigenvalue weighted by atomic mass is 16.6. The molecule has 0 amide bonds. The number of unbranched alkanes of at least 4 members (excludes halogenated alkanes) is 29. The number of hydrogen-bond acceptors (Lipinski definition) is 7. The van der Waals surface area contributed by atoms with E-state index in [4.69, 9.17) is 14.2 Å². The molecular formula is C53H99NO7. The van der Waals surface area contributed by atoms with Crippen LogP contribution in [-0.2, 0) is 28.6 Å². The van der Waals surface area contributed by atoms with E-state index in [-0.39, 0.29) is 42.7 Å². The molecule has 0 heterocycles. The largest absolute Gasteiger partial charge is 0.544 e. The molecule has 0 radical (unpaired) electrons. The molecule has 0 spiro atoms. The molecule has 0 aromatic heterocycles.